The summed E-state index contributed by atoms with van der Waals surface area (Å²) in [6.07, 6.45) is 3.53. The predicted octanol–water partition coefficient (Wildman–Crippen LogP) is 4.91. The van der Waals surface area contributed by atoms with Crippen LogP contribution in [0.3, 0.4) is 0 Å². The van der Waals surface area contributed by atoms with Gasteiger partial charge in [0.15, 0.2) is 11.3 Å². The summed E-state index contributed by atoms with van der Waals surface area (Å²) in [5.41, 5.74) is 5.46. The van der Waals surface area contributed by atoms with Crippen LogP contribution in [0.25, 0.3) is 44.6 Å². The first-order valence-corrected chi connectivity index (χ1v) is 8.41. The Bertz CT molecular complexity index is 1130. The summed E-state index contributed by atoms with van der Waals surface area (Å²) >= 11 is 0. The largest absolute Gasteiger partial charge is 0.237 e. The quantitative estimate of drug-likeness (QED) is 0.460. The van der Waals surface area contributed by atoms with Crippen molar-refractivity contribution in [3.8, 4) is 22.5 Å². The van der Waals surface area contributed by atoms with Gasteiger partial charge in [0.2, 0.25) is 0 Å². The molecule has 0 bridgehead atoms. The Hall–Kier alpha value is -3.66. The Morgan fingerprint density at radius 3 is 1.38 bits per heavy atom. The van der Waals surface area contributed by atoms with Gasteiger partial charge in [0.25, 0.3) is 0 Å². The number of fused-ring (bicyclic) bond motifs is 2. The molecule has 0 atom stereocenters. The van der Waals surface area contributed by atoms with E-state index in [0.717, 1.165) is 44.6 Å². The molecule has 4 aromatic heterocycles. The second kappa shape index (κ2) is 6.01. The van der Waals surface area contributed by atoms with Gasteiger partial charge >= 0.3 is 0 Å². The van der Waals surface area contributed by atoms with Gasteiger partial charge in [-0.1, -0.05) is 24.3 Å². The van der Waals surface area contributed by atoms with Crippen molar-refractivity contribution in [2.45, 2.75) is 0 Å². The monoisotopic (exact) mass is 334 g/mol. The number of benzene rings is 1. The van der Waals surface area contributed by atoms with E-state index in [1.807, 2.05) is 36.4 Å². The fraction of sp³-hybridized carbons (Fsp3) is 0. The lowest BCUT2D eigenvalue weighted by Crippen LogP contribution is -1.89. The molecule has 1 aromatic carbocycles. The van der Waals surface area contributed by atoms with Crippen LogP contribution in [0.15, 0.2) is 85.2 Å². The first-order valence-electron chi connectivity index (χ1n) is 8.41. The molecule has 5 aromatic rings. The van der Waals surface area contributed by atoms with E-state index in [4.69, 9.17) is 0 Å². The highest BCUT2D eigenvalue weighted by atomic mass is 14.8. The summed E-state index contributed by atoms with van der Waals surface area (Å²) in [5.74, 6) is 0. The summed E-state index contributed by atoms with van der Waals surface area (Å²) in [6.45, 7) is 0. The van der Waals surface area contributed by atoms with Crippen molar-refractivity contribution < 1.29 is 0 Å². The van der Waals surface area contributed by atoms with E-state index in [1.54, 1.807) is 12.4 Å². The zero-order valence-corrected chi connectivity index (χ0v) is 13.9. The van der Waals surface area contributed by atoms with Crippen LogP contribution in [0.2, 0.25) is 0 Å². The van der Waals surface area contributed by atoms with E-state index in [-0.39, 0.29) is 0 Å². The van der Waals surface area contributed by atoms with Gasteiger partial charge in [-0.2, -0.15) is 0 Å². The van der Waals surface area contributed by atoms with Crippen LogP contribution >= 0.6 is 0 Å². The molecular weight excluding hydrogens is 320 g/mol. The van der Waals surface area contributed by atoms with E-state index in [9.17, 15) is 0 Å². The van der Waals surface area contributed by atoms with Crippen LogP contribution in [0.5, 0.6) is 0 Å². The van der Waals surface area contributed by atoms with Crippen molar-refractivity contribution in [1.29, 1.82) is 0 Å². The minimum atomic E-state index is 0.761. The third-order valence-corrected chi connectivity index (χ3v) is 4.40. The van der Waals surface area contributed by atoms with Gasteiger partial charge in [0.05, 0.1) is 11.4 Å². The zero-order valence-electron chi connectivity index (χ0n) is 13.9. The van der Waals surface area contributed by atoms with Crippen LogP contribution in [-0.2, 0) is 0 Å². The average molecular weight is 334 g/mol. The molecule has 122 valence electrons. The molecule has 0 aliphatic rings. The maximum absolute atomic E-state index is 4.65. The maximum atomic E-state index is 4.65. The smallest absolute Gasteiger partial charge is 0.159 e. The average Bonchev–Trinajstić information content (AvgIpc) is 2.73. The van der Waals surface area contributed by atoms with Gasteiger partial charge in [-0.3, -0.25) is 0 Å². The van der Waals surface area contributed by atoms with Crippen molar-refractivity contribution in [3.63, 3.8) is 0 Å². The summed E-state index contributed by atoms with van der Waals surface area (Å²) in [7, 11) is 0. The van der Waals surface area contributed by atoms with Crippen LogP contribution in [0.4, 0.5) is 0 Å². The molecule has 0 unspecified atom stereocenters. The molecule has 4 heteroatoms. The highest BCUT2D eigenvalue weighted by Crippen LogP contribution is 2.25. The van der Waals surface area contributed by atoms with Crippen LogP contribution in [0.1, 0.15) is 0 Å². The lowest BCUT2D eigenvalue weighted by Gasteiger charge is -2.06. The molecule has 0 spiro atoms. The SMILES string of the molecule is c1cnc2nc(-c3ccc(-c4ccc5cccnc5n4)cc3)ccc2c1. The highest BCUT2D eigenvalue weighted by Gasteiger charge is 2.05. The molecule has 5 rings (SSSR count). The number of hydrogen-bond donors (Lipinski definition) is 0. The van der Waals surface area contributed by atoms with Gasteiger partial charge < -0.3 is 0 Å². The molecule has 0 saturated heterocycles. The van der Waals surface area contributed by atoms with E-state index >= 15 is 0 Å². The Labute approximate surface area is 150 Å². The van der Waals surface area contributed by atoms with E-state index in [1.165, 1.54) is 0 Å². The van der Waals surface area contributed by atoms with Gasteiger partial charge in [-0.25, -0.2) is 19.9 Å². The van der Waals surface area contributed by atoms with Gasteiger partial charge in [0, 0.05) is 34.3 Å². The molecule has 26 heavy (non-hydrogen) atoms. The maximum Gasteiger partial charge on any atom is 0.159 e. The normalized spacial score (nSPS) is 11.1. The predicted molar refractivity (Wildman–Crippen MR) is 104 cm³/mol. The molecule has 0 radical (unpaired) electrons. The van der Waals surface area contributed by atoms with Crippen LogP contribution in [-0.4, -0.2) is 19.9 Å². The van der Waals surface area contributed by atoms with Gasteiger partial charge in [-0.05, 0) is 48.5 Å². The van der Waals surface area contributed by atoms with Crippen LogP contribution < -0.4 is 0 Å². The first kappa shape index (κ1) is 14.7. The van der Waals surface area contributed by atoms with Crippen molar-refractivity contribution in [2.24, 2.45) is 0 Å². The van der Waals surface area contributed by atoms with Crippen molar-refractivity contribution >= 4 is 22.1 Å². The Balaban J connectivity index is 1.52. The first-order chi connectivity index (χ1) is 12.9. The number of aromatic nitrogens is 4. The number of nitrogens with zero attached hydrogens (tertiary/aromatic N) is 4. The molecule has 0 aliphatic heterocycles. The Morgan fingerprint density at radius 1 is 0.462 bits per heavy atom. The van der Waals surface area contributed by atoms with Crippen molar-refractivity contribution in [3.05, 3.63) is 85.2 Å². The topological polar surface area (TPSA) is 51.6 Å². The molecule has 0 aliphatic carbocycles. The molecule has 0 fully saturated rings. The minimum Gasteiger partial charge on any atom is -0.237 e. The summed E-state index contributed by atoms with van der Waals surface area (Å²) in [6, 6.07) is 24.3. The molecule has 4 nitrogen and oxygen atoms in total. The summed E-state index contributed by atoms with van der Waals surface area (Å²) in [4.78, 5) is 18.0. The fourth-order valence-corrected chi connectivity index (χ4v) is 3.04. The van der Waals surface area contributed by atoms with E-state index in [0.29, 0.717) is 0 Å². The van der Waals surface area contributed by atoms with Crippen molar-refractivity contribution in [1.82, 2.24) is 19.9 Å². The zero-order chi connectivity index (χ0) is 17.3. The third-order valence-electron chi connectivity index (χ3n) is 4.40. The minimum absolute atomic E-state index is 0.761. The van der Waals surface area contributed by atoms with Gasteiger partial charge in [0.1, 0.15) is 0 Å². The second-order valence-electron chi connectivity index (χ2n) is 6.07. The third kappa shape index (κ3) is 2.58. The number of rotatable bonds is 2. The Kier molecular flexibility index (Phi) is 3.39. The standard InChI is InChI=1S/C22H14N4/c1-3-17-9-11-19(25-21(17)23-13-1)15-5-7-16(8-6-15)20-12-10-18-4-2-14-24-22(18)26-20/h1-14H. The second-order valence-corrected chi connectivity index (χ2v) is 6.07. The lowest BCUT2D eigenvalue weighted by atomic mass is 10.1. The van der Waals surface area contributed by atoms with E-state index in [2.05, 4.69) is 56.3 Å². The Morgan fingerprint density at radius 2 is 0.923 bits per heavy atom. The summed E-state index contributed by atoms with van der Waals surface area (Å²) in [5, 5.41) is 2.08. The molecular formula is C22H14N4. The molecule has 0 N–H and O–H groups in total. The lowest BCUT2D eigenvalue weighted by molar-refractivity contribution is 1.28. The highest BCUT2D eigenvalue weighted by molar-refractivity contribution is 5.80. The molecule has 0 amide bonds. The van der Waals surface area contributed by atoms with Crippen LogP contribution in [0, 0.1) is 0 Å². The van der Waals surface area contributed by atoms with Crippen molar-refractivity contribution in [2.75, 3.05) is 0 Å². The molecule has 0 saturated carbocycles. The van der Waals surface area contributed by atoms with Gasteiger partial charge in [-0.15, -0.1) is 0 Å². The molecule has 4 heterocycles. The number of hydrogen-bond acceptors (Lipinski definition) is 4. The summed E-state index contributed by atoms with van der Waals surface area (Å²) < 4.78 is 0. The van der Waals surface area contributed by atoms with E-state index < -0.39 is 0 Å². The number of pyridine rings is 4. The fourth-order valence-electron chi connectivity index (χ4n) is 3.04.